The van der Waals surface area contributed by atoms with E-state index in [1.165, 1.54) is 13.0 Å². The summed E-state index contributed by atoms with van der Waals surface area (Å²) in [6.07, 6.45) is 0.621. The number of aromatic nitrogens is 2. The lowest BCUT2D eigenvalue weighted by atomic mass is 10.4. The van der Waals surface area contributed by atoms with Gasteiger partial charge in [0.25, 0.3) is 5.56 Å². The van der Waals surface area contributed by atoms with Crippen molar-refractivity contribution < 1.29 is 14.3 Å². The van der Waals surface area contributed by atoms with E-state index < -0.39 is 0 Å². The Hall–Kier alpha value is -1.69. The van der Waals surface area contributed by atoms with Gasteiger partial charge in [-0.15, -0.1) is 0 Å². The molecule has 0 aliphatic rings. The number of nitrogens with zero attached hydrogens (tertiary/aromatic N) is 1. The molecule has 0 saturated heterocycles. The van der Waals surface area contributed by atoms with Gasteiger partial charge in [-0.3, -0.25) is 9.59 Å². The number of ether oxygens (including phenoxy) is 2. The van der Waals surface area contributed by atoms with Gasteiger partial charge in [0.1, 0.15) is 12.4 Å². The molecule has 0 aliphatic heterocycles. The summed E-state index contributed by atoms with van der Waals surface area (Å²) in [6, 6.07) is 1.42. The maximum atomic E-state index is 11.1. The van der Waals surface area contributed by atoms with Crippen LogP contribution in [0.5, 0.6) is 0 Å². The monoisotopic (exact) mass is 240 g/mol. The fourth-order valence-electron chi connectivity index (χ4n) is 1.26. The second-order valence-corrected chi connectivity index (χ2v) is 3.58. The van der Waals surface area contributed by atoms with Crippen molar-refractivity contribution in [1.29, 1.82) is 0 Å². The van der Waals surface area contributed by atoms with Crippen LogP contribution in [0.4, 0.5) is 0 Å². The van der Waals surface area contributed by atoms with Gasteiger partial charge < -0.3 is 14.5 Å². The first kappa shape index (κ1) is 13.4. The Labute approximate surface area is 99.0 Å². The maximum absolute atomic E-state index is 11.1. The van der Waals surface area contributed by atoms with Crippen LogP contribution >= 0.6 is 0 Å². The number of hydrogen-bond acceptors (Lipinski definition) is 5. The van der Waals surface area contributed by atoms with Gasteiger partial charge in [0, 0.05) is 25.1 Å². The van der Waals surface area contributed by atoms with Crippen molar-refractivity contribution in [3.63, 3.8) is 0 Å². The number of nitrogens with one attached hydrogen (secondary N) is 1. The molecule has 1 N–H and O–H groups in total. The number of aryl methyl sites for hydroxylation is 1. The third kappa shape index (κ3) is 5.82. The van der Waals surface area contributed by atoms with E-state index >= 15 is 0 Å². The first-order chi connectivity index (χ1) is 8.08. The summed E-state index contributed by atoms with van der Waals surface area (Å²) in [5.74, 6) is 0.206. The van der Waals surface area contributed by atoms with Crippen molar-refractivity contribution >= 4 is 5.97 Å². The van der Waals surface area contributed by atoms with Gasteiger partial charge >= 0.3 is 5.97 Å². The molecule has 0 fully saturated rings. The van der Waals surface area contributed by atoms with E-state index in [0.29, 0.717) is 31.2 Å². The normalized spacial score (nSPS) is 10.2. The summed E-state index contributed by atoms with van der Waals surface area (Å²) in [5, 5.41) is 0. The summed E-state index contributed by atoms with van der Waals surface area (Å²) in [7, 11) is 0. The summed E-state index contributed by atoms with van der Waals surface area (Å²) in [4.78, 5) is 28.3. The molecular formula is C11H16N2O4. The van der Waals surface area contributed by atoms with Crippen molar-refractivity contribution in [3.8, 4) is 0 Å². The smallest absolute Gasteiger partial charge is 0.302 e. The fourth-order valence-corrected chi connectivity index (χ4v) is 1.26. The first-order valence-corrected chi connectivity index (χ1v) is 5.36. The van der Waals surface area contributed by atoms with Crippen LogP contribution in [-0.4, -0.2) is 29.2 Å². The van der Waals surface area contributed by atoms with Gasteiger partial charge in [-0.1, -0.05) is 0 Å². The molecule has 0 radical (unpaired) electrons. The van der Waals surface area contributed by atoms with Gasteiger partial charge in [-0.25, -0.2) is 4.98 Å². The zero-order chi connectivity index (χ0) is 12.7. The molecular weight excluding hydrogens is 224 g/mol. The molecule has 0 unspecified atom stereocenters. The SMILES string of the molecule is CC(=O)OCCCOCc1nc(C)cc(=O)[nH]1. The van der Waals surface area contributed by atoms with Gasteiger partial charge in [0.05, 0.1) is 13.2 Å². The average Bonchev–Trinajstić information content (AvgIpc) is 2.21. The quantitative estimate of drug-likeness (QED) is 0.580. The van der Waals surface area contributed by atoms with E-state index in [9.17, 15) is 9.59 Å². The Balaban J connectivity index is 2.22. The highest BCUT2D eigenvalue weighted by Crippen LogP contribution is 1.94. The summed E-state index contributed by atoms with van der Waals surface area (Å²) in [5.41, 5.74) is 0.475. The number of carbonyl (C=O) groups is 1. The third-order valence-corrected chi connectivity index (χ3v) is 1.90. The second kappa shape index (κ2) is 6.80. The standard InChI is InChI=1S/C11H16N2O4/c1-8-6-11(15)13-10(12-8)7-16-4-3-5-17-9(2)14/h6H,3-5,7H2,1-2H3,(H,12,13,15). The Morgan fingerprint density at radius 2 is 2.24 bits per heavy atom. The molecule has 0 amide bonds. The van der Waals surface area contributed by atoms with Crippen LogP contribution in [0.15, 0.2) is 10.9 Å². The predicted molar refractivity (Wildman–Crippen MR) is 60.5 cm³/mol. The molecule has 1 aromatic heterocycles. The van der Waals surface area contributed by atoms with Crippen LogP contribution in [-0.2, 0) is 20.9 Å². The topological polar surface area (TPSA) is 81.3 Å². The van der Waals surface area contributed by atoms with Crippen molar-refractivity contribution in [2.75, 3.05) is 13.2 Å². The first-order valence-electron chi connectivity index (χ1n) is 5.36. The number of aromatic amines is 1. The molecule has 0 atom stereocenters. The molecule has 1 aromatic rings. The molecule has 0 aliphatic carbocycles. The van der Waals surface area contributed by atoms with E-state index in [0.717, 1.165) is 0 Å². The molecule has 0 aromatic carbocycles. The lowest BCUT2D eigenvalue weighted by molar-refractivity contribution is -0.141. The fraction of sp³-hybridized carbons (Fsp3) is 0.545. The van der Waals surface area contributed by atoms with E-state index in [2.05, 4.69) is 9.97 Å². The summed E-state index contributed by atoms with van der Waals surface area (Å²) in [6.45, 7) is 4.15. The van der Waals surface area contributed by atoms with Crippen LogP contribution < -0.4 is 5.56 Å². The zero-order valence-corrected chi connectivity index (χ0v) is 9.99. The Morgan fingerprint density at radius 1 is 1.47 bits per heavy atom. The summed E-state index contributed by atoms with van der Waals surface area (Å²) >= 11 is 0. The van der Waals surface area contributed by atoms with Gasteiger partial charge in [-0.05, 0) is 6.92 Å². The van der Waals surface area contributed by atoms with E-state index in [1.54, 1.807) is 6.92 Å². The average molecular weight is 240 g/mol. The number of rotatable bonds is 6. The molecule has 1 heterocycles. The van der Waals surface area contributed by atoms with Crippen LogP contribution in [0, 0.1) is 6.92 Å². The minimum Gasteiger partial charge on any atom is -0.466 e. The maximum Gasteiger partial charge on any atom is 0.302 e. The molecule has 94 valence electrons. The van der Waals surface area contributed by atoms with Crippen LogP contribution in [0.2, 0.25) is 0 Å². The van der Waals surface area contributed by atoms with E-state index in [4.69, 9.17) is 9.47 Å². The van der Waals surface area contributed by atoms with E-state index in [-0.39, 0.29) is 18.1 Å². The Morgan fingerprint density at radius 3 is 2.88 bits per heavy atom. The minimum atomic E-state index is -0.297. The minimum absolute atomic E-state index is 0.184. The van der Waals surface area contributed by atoms with Crippen molar-refractivity contribution in [2.24, 2.45) is 0 Å². The number of hydrogen-bond donors (Lipinski definition) is 1. The van der Waals surface area contributed by atoms with E-state index in [1.807, 2.05) is 0 Å². The van der Waals surface area contributed by atoms with Crippen molar-refractivity contribution in [2.45, 2.75) is 26.9 Å². The number of H-pyrrole nitrogens is 1. The van der Waals surface area contributed by atoms with Crippen molar-refractivity contribution in [1.82, 2.24) is 9.97 Å². The highest BCUT2D eigenvalue weighted by Gasteiger charge is 1.99. The zero-order valence-electron chi connectivity index (χ0n) is 9.99. The number of carbonyl (C=O) groups excluding carboxylic acids is 1. The van der Waals surface area contributed by atoms with Crippen molar-refractivity contribution in [3.05, 3.63) is 27.9 Å². The molecule has 0 saturated carbocycles. The largest absolute Gasteiger partial charge is 0.466 e. The third-order valence-electron chi connectivity index (χ3n) is 1.90. The van der Waals surface area contributed by atoms with Crippen LogP contribution in [0.25, 0.3) is 0 Å². The predicted octanol–water partition coefficient (Wildman–Crippen LogP) is 0.548. The molecule has 0 spiro atoms. The molecule has 0 bridgehead atoms. The van der Waals surface area contributed by atoms with Gasteiger partial charge in [-0.2, -0.15) is 0 Å². The Kier molecular flexibility index (Phi) is 5.35. The lowest BCUT2D eigenvalue weighted by Gasteiger charge is -2.04. The lowest BCUT2D eigenvalue weighted by Crippen LogP contribution is -2.13. The molecule has 6 heteroatoms. The van der Waals surface area contributed by atoms with Gasteiger partial charge in [0.15, 0.2) is 0 Å². The second-order valence-electron chi connectivity index (χ2n) is 3.58. The highest BCUT2D eigenvalue weighted by atomic mass is 16.5. The Bertz CT molecular complexity index is 428. The summed E-state index contributed by atoms with van der Waals surface area (Å²) < 4.78 is 10.0. The van der Waals surface area contributed by atoms with Gasteiger partial charge in [0.2, 0.25) is 0 Å². The van der Waals surface area contributed by atoms with Crippen LogP contribution in [0.1, 0.15) is 24.9 Å². The molecule has 1 rings (SSSR count). The number of esters is 1. The molecule has 17 heavy (non-hydrogen) atoms. The highest BCUT2D eigenvalue weighted by molar-refractivity contribution is 5.65. The molecule has 6 nitrogen and oxygen atoms in total. The van der Waals surface area contributed by atoms with Crippen LogP contribution in [0.3, 0.4) is 0 Å².